The number of morpholine rings is 1. The molecule has 1 aliphatic heterocycles. The van der Waals surface area contributed by atoms with Crippen molar-refractivity contribution >= 4 is 39.1 Å². The number of amides is 1. The topological polar surface area (TPSA) is 97.0 Å². The average Bonchev–Trinajstić information content (AvgIpc) is 2.82. The van der Waals surface area contributed by atoms with E-state index < -0.39 is 22.0 Å². The smallest absolute Gasteiger partial charge is 0.242 e. The first-order valence-electron chi connectivity index (χ1n) is 10.3. The summed E-state index contributed by atoms with van der Waals surface area (Å²) in [6.45, 7) is 3.05. The third-order valence-electron chi connectivity index (χ3n) is 5.11. The summed E-state index contributed by atoms with van der Waals surface area (Å²) in [4.78, 5) is 15.2. The van der Waals surface area contributed by atoms with Crippen LogP contribution in [0.1, 0.15) is 6.42 Å². The van der Waals surface area contributed by atoms with Gasteiger partial charge in [0.05, 0.1) is 25.2 Å². The highest BCUT2D eigenvalue weighted by molar-refractivity contribution is 7.98. The molecule has 8 nitrogen and oxygen atoms in total. The molecular weight excluding hydrogens is 450 g/mol. The number of hydrogen-bond acceptors (Lipinski definition) is 7. The molecule has 0 bridgehead atoms. The number of hydrogen-bond donors (Lipinski definition) is 2. The number of carbonyl (C=O) groups is 1. The second-order valence-corrected chi connectivity index (χ2v) is 9.97. The molecule has 0 radical (unpaired) electrons. The lowest BCUT2D eigenvalue weighted by Gasteiger charge is -2.29. The zero-order valence-electron chi connectivity index (χ0n) is 18.2. The van der Waals surface area contributed by atoms with Crippen molar-refractivity contribution in [2.75, 3.05) is 55.6 Å². The molecular formula is C22H29N3O5S2. The Morgan fingerprint density at radius 3 is 2.38 bits per heavy atom. The van der Waals surface area contributed by atoms with Crippen molar-refractivity contribution in [3.05, 3.63) is 48.5 Å². The normalized spacial score (nSPS) is 15.2. The van der Waals surface area contributed by atoms with E-state index in [9.17, 15) is 13.2 Å². The monoisotopic (exact) mass is 479 g/mol. The molecule has 0 unspecified atom stereocenters. The van der Waals surface area contributed by atoms with E-state index >= 15 is 0 Å². The molecule has 1 fully saturated rings. The molecule has 0 spiro atoms. The molecule has 2 aromatic rings. The van der Waals surface area contributed by atoms with E-state index in [1.54, 1.807) is 23.9 Å². The lowest BCUT2D eigenvalue weighted by molar-refractivity contribution is -0.117. The highest BCUT2D eigenvalue weighted by Crippen LogP contribution is 2.20. The third kappa shape index (κ3) is 6.61. The lowest BCUT2D eigenvalue weighted by Crippen LogP contribution is -2.44. The number of sulfonamides is 1. The molecule has 1 aliphatic rings. The Labute approximate surface area is 193 Å². The van der Waals surface area contributed by atoms with Crippen LogP contribution in [0.3, 0.4) is 0 Å². The number of rotatable bonds is 10. The fourth-order valence-electron chi connectivity index (χ4n) is 3.30. The van der Waals surface area contributed by atoms with Gasteiger partial charge in [0.1, 0.15) is 11.8 Å². The van der Waals surface area contributed by atoms with Gasteiger partial charge in [-0.15, -0.1) is 0 Å². The molecule has 0 saturated carbocycles. The average molecular weight is 480 g/mol. The number of ether oxygens (including phenoxy) is 2. The second-order valence-electron chi connectivity index (χ2n) is 7.27. The van der Waals surface area contributed by atoms with Gasteiger partial charge in [-0.25, -0.2) is 8.42 Å². The molecule has 1 saturated heterocycles. The molecule has 10 heteroatoms. The summed E-state index contributed by atoms with van der Waals surface area (Å²) in [5.41, 5.74) is 1.68. The van der Waals surface area contributed by atoms with Crippen LogP contribution in [0.5, 0.6) is 5.75 Å². The van der Waals surface area contributed by atoms with Crippen LogP contribution >= 0.6 is 11.8 Å². The molecule has 1 atom stereocenters. The van der Waals surface area contributed by atoms with E-state index in [0.717, 1.165) is 18.8 Å². The Bertz CT molecular complexity index is 976. The molecule has 174 valence electrons. The number of methoxy groups -OCH3 is 1. The van der Waals surface area contributed by atoms with E-state index in [1.807, 2.05) is 30.5 Å². The van der Waals surface area contributed by atoms with Gasteiger partial charge in [-0.05, 0) is 67.0 Å². The predicted molar refractivity (Wildman–Crippen MR) is 128 cm³/mol. The van der Waals surface area contributed by atoms with Crippen LogP contribution in [0.15, 0.2) is 53.4 Å². The van der Waals surface area contributed by atoms with Crippen molar-refractivity contribution in [2.24, 2.45) is 0 Å². The molecule has 1 heterocycles. The minimum atomic E-state index is -3.87. The number of nitrogens with zero attached hydrogens (tertiary/aromatic N) is 1. The van der Waals surface area contributed by atoms with Crippen molar-refractivity contribution in [2.45, 2.75) is 17.4 Å². The van der Waals surface area contributed by atoms with Crippen LogP contribution in [0.25, 0.3) is 0 Å². The van der Waals surface area contributed by atoms with Crippen LogP contribution in [0.4, 0.5) is 11.4 Å². The predicted octanol–water partition coefficient (Wildman–Crippen LogP) is 2.57. The van der Waals surface area contributed by atoms with E-state index in [0.29, 0.717) is 36.8 Å². The zero-order valence-corrected chi connectivity index (χ0v) is 19.9. The summed E-state index contributed by atoms with van der Waals surface area (Å²) >= 11 is 1.55. The van der Waals surface area contributed by atoms with Gasteiger partial charge in [0.25, 0.3) is 0 Å². The van der Waals surface area contributed by atoms with Gasteiger partial charge in [0.2, 0.25) is 15.9 Å². The van der Waals surface area contributed by atoms with Gasteiger partial charge in [0, 0.05) is 24.5 Å². The second kappa shape index (κ2) is 11.6. The minimum absolute atomic E-state index is 0.0788. The fraction of sp³-hybridized carbons (Fsp3) is 0.409. The number of nitrogens with one attached hydrogen (secondary N) is 2. The number of thioether (sulfide) groups is 1. The van der Waals surface area contributed by atoms with Crippen LogP contribution in [-0.4, -0.2) is 65.8 Å². The summed E-state index contributed by atoms with van der Waals surface area (Å²) < 4.78 is 38.7. The Balaban J connectivity index is 1.68. The van der Waals surface area contributed by atoms with Crippen LogP contribution in [-0.2, 0) is 19.6 Å². The van der Waals surface area contributed by atoms with Gasteiger partial charge in [-0.2, -0.15) is 16.5 Å². The number of carbonyl (C=O) groups excluding carboxylic acids is 1. The van der Waals surface area contributed by atoms with E-state index in [2.05, 4.69) is 14.9 Å². The first-order valence-corrected chi connectivity index (χ1v) is 13.2. The minimum Gasteiger partial charge on any atom is -0.497 e. The third-order valence-corrected chi connectivity index (χ3v) is 7.24. The maximum atomic E-state index is 12.9. The van der Waals surface area contributed by atoms with Gasteiger partial charge < -0.3 is 19.7 Å². The van der Waals surface area contributed by atoms with Crippen molar-refractivity contribution in [3.8, 4) is 5.75 Å². The number of benzene rings is 2. The van der Waals surface area contributed by atoms with E-state index in [-0.39, 0.29) is 4.90 Å². The maximum absolute atomic E-state index is 12.9. The molecule has 3 rings (SSSR count). The van der Waals surface area contributed by atoms with Gasteiger partial charge in [0.15, 0.2) is 0 Å². The first-order chi connectivity index (χ1) is 15.4. The van der Waals surface area contributed by atoms with Gasteiger partial charge >= 0.3 is 0 Å². The highest BCUT2D eigenvalue weighted by atomic mass is 32.2. The van der Waals surface area contributed by atoms with Crippen molar-refractivity contribution in [1.29, 1.82) is 0 Å². The molecule has 0 aromatic heterocycles. The molecule has 1 amide bonds. The number of anilines is 2. The van der Waals surface area contributed by atoms with Crippen molar-refractivity contribution < 1.29 is 22.7 Å². The van der Waals surface area contributed by atoms with Gasteiger partial charge in [-0.1, -0.05) is 0 Å². The summed E-state index contributed by atoms with van der Waals surface area (Å²) in [5, 5.41) is 2.84. The van der Waals surface area contributed by atoms with Gasteiger partial charge in [-0.3, -0.25) is 4.79 Å². The zero-order chi connectivity index (χ0) is 23.0. The maximum Gasteiger partial charge on any atom is 0.242 e. The van der Waals surface area contributed by atoms with Crippen molar-refractivity contribution in [3.63, 3.8) is 0 Å². The molecule has 32 heavy (non-hydrogen) atoms. The summed E-state index contributed by atoms with van der Waals surface area (Å²) in [5.74, 6) is 0.801. The van der Waals surface area contributed by atoms with Crippen LogP contribution in [0, 0.1) is 0 Å². The Kier molecular flexibility index (Phi) is 8.80. The summed E-state index contributed by atoms with van der Waals surface area (Å²) in [7, 11) is -2.36. The summed E-state index contributed by atoms with van der Waals surface area (Å²) in [6.07, 6.45) is 2.28. The largest absolute Gasteiger partial charge is 0.497 e. The molecule has 0 aliphatic carbocycles. The summed E-state index contributed by atoms with van der Waals surface area (Å²) in [6, 6.07) is 12.7. The molecule has 2 aromatic carbocycles. The molecule has 2 N–H and O–H groups in total. The SMILES string of the molecule is COc1ccc(S(=O)(=O)N[C@H](CCSC)C(=O)Nc2ccc(N3CCOCC3)cc2)cc1. The van der Waals surface area contributed by atoms with Crippen LogP contribution in [0.2, 0.25) is 0 Å². The Morgan fingerprint density at radius 1 is 1.12 bits per heavy atom. The standard InChI is InChI=1S/C22H29N3O5S2/c1-29-19-7-9-20(10-8-19)32(27,28)24-21(11-16-31-2)22(26)23-17-3-5-18(6-4-17)25-12-14-30-15-13-25/h3-10,21,24H,11-16H2,1-2H3,(H,23,26)/t21-/m1/s1. The fourth-order valence-corrected chi connectivity index (χ4v) is 5.00. The van der Waals surface area contributed by atoms with Crippen LogP contribution < -0.4 is 19.7 Å². The van der Waals surface area contributed by atoms with E-state index in [1.165, 1.54) is 19.2 Å². The Hall–Kier alpha value is -2.27. The quantitative estimate of drug-likeness (QED) is 0.541. The van der Waals surface area contributed by atoms with Crippen molar-refractivity contribution in [1.82, 2.24) is 4.72 Å². The first kappa shape index (κ1) is 24.4. The van der Waals surface area contributed by atoms with E-state index in [4.69, 9.17) is 9.47 Å². The Morgan fingerprint density at radius 2 is 1.78 bits per heavy atom. The lowest BCUT2D eigenvalue weighted by atomic mass is 10.2. The highest BCUT2D eigenvalue weighted by Gasteiger charge is 2.26.